The molecule has 29 heavy (non-hydrogen) atoms. The van der Waals surface area contributed by atoms with Crippen LogP contribution in [0.5, 0.6) is 0 Å². The molecular weight excluding hydrogens is 386 g/mol. The number of hydrogen-bond acceptors (Lipinski definition) is 6. The van der Waals surface area contributed by atoms with E-state index in [9.17, 15) is 9.59 Å². The zero-order valence-electron chi connectivity index (χ0n) is 15.1. The van der Waals surface area contributed by atoms with E-state index in [4.69, 9.17) is 0 Å². The first-order chi connectivity index (χ1) is 14.2. The van der Waals surface area contributed by atoms with Crippen molar-refractivity contribution in [2.24, 2.45) is 0 Å². The molecule has 4 aromatic rings. The van der Waals surface area contributed by atoms with Gasteiger partial charge in [-0.05, 0) is 48.5 Å². The number of nitrogens with one attached hydrogen (secondary N) is 2. The lowest BCUT2D eigenvalue weighted by Crippen LogP contribution is -2.13. The number of aromatic nitrogens is 3. The van der Waals surface area contributed by atoms with Gasteiger partial charge < -0.3 is 5.32 Å². The first-order valence-corrected chi connectivity index (χ1v) is 9.53. The summed E-state index contributed by atoms with van der Waals surface area (Å²) in [5.74, 6) is -0.520. The van der Waals surface area contributed by atoms with Crippen molar-refractivity contribution >= 4 is 34.0 Å². The van der Waals surface area contributed by atoms with E-state index in [0.29, 0.717) is 32.6 Å². The van der Waals surface area contributed by atoms with Crippen molar-refractivity contribution < 1.29 is 9.59 Å². The highest BCUT2D eigenvalue weighted by atomic mass is 32.1. The normalized spacial score (nSPS) is 10.3. The summed E-state index contributed by atoms with van der Waals surface area (Å²) in [4.78, 5) is 28.8. The molecule has 2 amide bonds. The monoisotopic (exact) mass is 401 g/mol. The van der Waals surface area contributed by atoms with Crippen molar-refractivity contribution in [1.29, 1.82) is 0 Å². The van der Waals surface area contributed by atoms with E-state index in [0.717, 1.165) is 0 Å². The fourth-order valence-electron chi connectivity index (χ4n) is 2.53. The van der Waals surface area contributed by atoms with Crippen molar-refractivity contribution in [3.8, 4) is 10.7 Å². The van der Waals surface area contributed by atoms with Gasteiger partial charge in [0, 0.05) is 23.0 Å². The Hall–Kier alpha value is -3.91. The van der Waals surface area contributed by atoms with Gasteiger partial charge in [-0.2, -0.15) is 0 Å². The van der Waals surface area contributed by atoms with Crippen LogP contribution in [0.2, 0.25) is 0 Å². The molecule has 0 radical (unpaired) electrons. The van der Waals surface area contributed by atoms with Crippen LogP contribution in [0, 0.1) is 0 Å². The summed E-state index contributed by atoms with van der Waals surface area (Å²) in [5.41, 5.74) is 2.30. The molecule has 0 atom stereocenters. The number of hydrogen-bond donors (Lipinski definition) is 2. The zero-order valence-corrected chi connectivity index (χ0v) is 15.9. The van der Waals surface area contributed by atoms with Gasteiger partial charge in [0.2, 0.25) is 5.13 Å². The molecular formula is C21H15N5O2S. The van der Waals surface area contributed by atoms with Gasteiger partial charge in [-0.1, -0.05) is 35.6 Å². The lowest BCUT2D eigenvalue weighted by molar-refractivity contribution is 0.102. The molecule has 142 valence electrons. The average Bonchev–Trinajstić information content (AvgIpc) is 3.24. The van der Waals surface area contributed by atoms with Crippen LogP contribution in [0.1, 0.15) is 20.7 Å². The number of carbonyl (C=O) groups excluding carboxylic acids is 2. The van der Waals surface area contributed by atoms with Crippen molar-refractivity contribution in [3.05, 3.63) is 90.1 Å². The lowest BCUT2D eigenvalue weighted by Gasteiger charge is -2.06. The predicted molar refractivity (Wildman–Crippen MR) is 112 cm³/mol. The van der Waals surface area contributed by atoms with Crippen molar-refractivity contribution in [1.82, 2.24) is 15.2 Å². The fourth-order valence-corrected chi connectivity index (χ4v) is 3.25. The van der Waals surface area contributed by atoms with Crippen molar-refractivity contribution in [3.63, 3.8) is 0 Å². The Balaban J connectivity index is 1.40. The minimum absolute atomic E-state index is 0.210. The highest BCUT2D eigenvalue weighted by Crippen LogP contribution is 2.24. The quantitative estimate of drug-likeness (QED) is 0.525. The van der Waals surface area contributed by atoms with Crippen LogP contribution >= 0.6 is 11.3 Å². The number of rotatable bonds is 5. The van der Waals surface area contributed by atoms with E-state index in [1.165, 1.54) is 11.3 Å². The molecule has 2 N–H and O–H groups in total. The standard InChI is InChI=1S/C21H15N5O2S/c27-18(14-6-2-1-3-7-14)23-16-11-9-15(10-12-16)19(28)24-21-26-25-20(29-21)17-8-4-5-13-22-17/h1-13H,(H,23,27)(H,24,26,28). The molecule has 2 aromatic carbocycles. The van der Waals surface area contributed by atoms with Gasteiger partial charge in [-0.15, -0.1) is 10.2 Å². The highest BCUT2D eigenvalue weighted by Gasteiger charge is 2.12. The molecule has 4 rings (SSSR count). The number of amides is 2. The largest absolute Gasteiger partial charge is 0.322 e. The molecule has 0 bridgehead atoms. The van der Waals surface area contributed by atoms with Gasteiger partial charge in [0.1, 0.15) is 5.69 Å². The van der Waals surface area contributed by atoms with Crippen LogP contribution in [0.3, 0.4) is 0 Å². The minimum Gasteiger partial charge on any atom is -0.322 e. The molecule has 0 spiro atoms. The number of pyridine rings is 1. The molecule has 7 nitrogen and oxygen atoms in total. The third-order valence-corrected chi connectivity index (χ3v) is 4.83. The van der Waals surface area contributed by atoms with Gasteiger partial charge in [0.05, 0.1) is 0 Å². The summed E-state index contributed by atoms with van der Waals surface area (Å²) >= 11 is 1.24. The van der Waals surface area contributed by atoms with E-state index >= 15 is 0 Å². The minimum atomic E-state index is -0.311. The Labute approximate surface area is 170 Å². The second kappa shape index (κ2) is 8.41. The summed E-state index contributed by atoms with van der Waals surface area (Å²) in [6.07, 6.45) is 1.67. The molecule has 0 fully saturated rings. The number of benzene rings is 2. The van der Waals surface area contributed by atoms with Gasteiger partial charge >= 0.3 is 0 Å². The third-order valence-electron chi connectivity index (χ3n) is 3.97. The van der Waals surface area contributed by atoms with Crippen LogP contribution in [0.4, 0.5) is 10.8 Å². The number of anilines is 2. The first kappa shape index (κ1) is 18.5. The Bertz CT molecular complexity index is 1130. The Morgan fingerprint density at radius 1 is 0.724 bits per heavy atom. The average molecular weight is 401 g/mol. The van der Waals surface area contributed by atoms with Crippen LogP contribution < -0.4 is 10.6 Å². The van der Waals surface area contributed by atoms with Gasteiger partial charge in [-0.25, -0.2) is 0 Å². The van der Waals surface area contributed by atoms with E-state index in [1.54, 1.807) is 54.7 Å². The molecule has 2 aromatic heterocycles. The third kappa shape index (κ3) is 4.50. The highest BCUT2D eigenvalue weighted by molar-refractivity contribution is 7.18. The van der Waals surface area contributed by atoms with Gasteiger partial charge in [0.25, 0.3) is 11.8 Å². The second-order valence-corrected chi connectivity index (χ2v) is 6.96. The van der Waals surface area contributed by atoms with Crippen LogP contribution in [0.15, 0.2) is 79.0 Å². The maximum atomic E-state index is 12.4. The maximum Gasteiger partial charge on any atom is 0.257 e. The number of carbonyl (C=O) groups is 2. The van der Waals surface area contributed by atoms with Crippen LogP contribution in [0.25, 0.3) is 10.7 Å². The molecule has 0 unspecified atom stereocenters. The summed E-state index contributed by atoms with van der Waals surface area (Å²) < 4.78 is 0. The topological polar surface area (TPSA) is 96.9 Å². The van der Waals surface area contributed by atoms with Crippen LogP contribution in [-0.4, -0.2) is 27.0 Å². The zero-order chi connectivity index (χ0) is 20.1. The molecule has 0 aliphatic carbocycles. The van der Waals surface area contributed by atoms with E-state index in [-0.39, 0.29) is 11.8 Å². The molecule has 0 aliphatic heterocycles. The summed E-state index contributed by atoms with van der Waals surface area (Å²) in [5, 5.41) is 14.6. The Morgan fingerprint density at radius 2 is 1.41 bits per heavy atom. The second-order valence-electron chi connectivity index (χ2n) is 5.98. The van der Waals surface area contributed by atoms with Crippen LogP contribution in [-0.2, 0) is 0 Å². The molecule has 2 heterocycles. The lowest BCUT2D eigenvalue weighted by atomic mass is 10.1. The van der Waals surface area contributed by atoms with Gasteiger partial charge in [-0.3, -0.25) is 19.9 Å². The maximum absolute atomic E-state index is 12.4. The molecule has 8 heteroatoms. The Kier molecular flexibility index (Phi) is 5.35. The molecule has 0 saturated carbocycles. The summed E-state index contributed by atoms with van der Waals surface area (Å²) in [7, 11) is 0. The fraction of sp³-hybridized carbons (Fsp3) is 0. The van der Waals surface area contributed by atoms with Gasteiger partial charge in [0.15, 0.2) is 5.01 Å². The summed E-state index contributed by atoms with van der Waals surface area (Å²) in [6.45, 7) is 0. The molecule has 0 aliphatic rings. The predicted octanol–water partition coefficient (Wildman–Crippen LogP) is 4.10. The van der Waals surface area contributed by atoms with E-state index in [2.05, 4.69) is 25.8 Å². The SMILES string of the molecule is O=C(Nc1ccc(C(=O)Nc2nnc(-c3ccccn3)s2)cc1)c1ccccc1. The first-order valence-electron chi connectivity index (χ1n) is 8.72. The van der Waals surface area contributed by atoms with Crippen molar-refractivity contribution in [2.75, 3.05) is 10.6 Å². The molecule has 0 saturated heterocycles. The van der Waals surface area contributed by atoms with E-state index in [1.807, 2.05) is 24.3 Å². The van der Waals surface area contributed by atoms with Crippen molar-refractivity contribution in [2.45, 2.75) is 0 Å². The number of nitrogens with zero attached hydrogens (tertiary/aromatic N) is 3. The summed E-state index contributed by atoms with van der Waals surface area (Å²) in [6, 6.07) is 21.0. The smallest absolute Gasteiger partial charge is 0.257 e. The van der Waals surface area contributed by atoms with E-state index < -0.39 is 0 Å². The Morgan fingerprint density at radius 3 is 2.14 bits per heavy atom.